The van der Waals surface area contributed by atoms with E-state index >= 15 is 0 Å². The molecule has 0 spiro atoms. The van der Waals surface area contributed by atoms with Crippen LogP contribution in [0.1, 0.15) is 4.88 Å². The third-order valence-electron chi connectivity index (χ3n) is 1.42. The van der Waals surface area contributed by atoms with Gasteiger partial charge < -0.3 is 10.4 Å². The fraction of sp³-hybridized carbons (Fsp3) is 0.429. The Hall–Kier alpha value is -0.980. The van der Waals surface area contributed by atoms with Crippen LogP contribution >= 0.6 is 11.3 Å². The summed E-state index contributed by atoms with van der Waals surface area (Å²) in [4.78, 5) is 10.8. The number of thiophene rings is 1. The molecule has 1 aromatic rings. The van der Waals surface area contributed by atoms with Crippen LogP contribution in [0.4, 0.5) is 5.00 Å². The van der Waals surface area contributed by atoms with E-state index in [4.69, 9.17) is 5.11 Å². The first-order valence-corrected chi connectivity index (χ1v) is 4.60. The first-order chi connectivity index (χ1) is 6.24. The van der Waals surface area contributed by atoms with Crippen molar-refractivity contribution in [1.82, 2.24) is 5.32 Å². The molecule has 6 heteroatoms. The fourth-order valence-electron chi connectivity index (χ4n) is 0.850. The highest BCUT2D eigenvalue weighted by molar-refractivity contribution is 7.15. The fourth-order valence-corrected chi connectivity index (χ4v) is 1.64. The van der Waals surface area contributed by atoms with Gasteiger partial charge in [-0.05, 0) is 6.07 Å². The largest absolute Gasteiger partial charge is 0.395 e. The van der Waals surface area contributed by atoms with Gasteiger partial charge in [-0.3, -0.25) is 10.1 Å². The molecule has 0 saturated heterocycles. The molecule has 0 atom stereocenters. The van der Waals surface area contributed by atoms with E-state index in [2.05, 4.69) is 5.32 Å². The third-order valence-corrected chi connectivity index (χ3v) is 2.45. The number of rotatable bonds is 5. The Labute approximate surface area is 79.2 Å². The van der Waals surface area contributed by atoms with Crippen LogP contribution in [0.25, 0.3) is 0 Å². The molecular weight excluding hydrogens is 192 g/mol. The standard InChI is InChI=1S/C7H10N2O3S/c10-4-3-8-5-6-1-2-7(13-6)9(11)12/h1-2,8,10H,3-5H2. The summed E-state index contributed by atoms with van der Waals surface area (Å²) in [5.74, 6) is 0. The zero-order valence-electron chi connectivity index (χ0n) is 6.90. The zero-order chi connectivity index (χ0) is 9.68. The number of hydrogen-bond acceptors (Lipinski definition) is 5. The molecule has 1 heterocycles. The molecule has 2 N–H and O–H groups in total. The zero-order valence-corrected chi connectivity index (χ0v) is 7.71. The van der Waals surface area contributed by atoms with Crippen molar-refractivity contribution in [3.63, 3.8) is 0 Å². The molecule has 0 aromatic carbocycles. The summed E-state index contributed by atoms with van der Waals surface area (Å²) < 4.78 is 0. The summed E-state index contributed by atoms with van der Waals surface area (Å²) in [5.41, 5.74) is 0. The van der Waals surface area contributed by atoms with E-state index in [1.165, 1.54) is 6.07 Å². The minimum atomic E-state index is -0.403. The molecule has 0 unspecified atom stereocenters. The molecule has 0 fully saturated rings. The maximum atomic E-state index is 10.3. The number of nitrogens with zero attached hydrogens (tertiary/aromatic N) is 1. The van der Waals surface area contributed by atoms with E-state index in [0.29, 0.717) is 13.1 Å². The lowest BCUT2D eigenvalue weighted by Crippen LogP contribution is -2.16. The third kappa shape index (κ3) is 3.10. The number of nitro groups is 1. The van der Waals surface area contributed by atoms with E-state index in [0.717, 1.165) is 16.2 Å². The van der Waals surface area contributed by atoms with Gasteiger partial charge in [-0.2, -0.15) is 0 Å². The number of aliphatic hydroxyl groups excluding tert-OH is 1. The molecule has 5 nitrogen and oxygen atoms in total. The summed E-state index contributed by atoms with van der Waals surface area (Å²) in [5, 5.41) is 21.9. The van der Waals surface area contributed by atoms with Crippen molar-refractivity contribution >= 4 is 16.3 Å². The van der Waals surface area contributed by atoms with E-state index in [1.807, 2.05) is 0 Å². The van der Waals surface area contributed by atoms with Gasteiger partial charge in [-0.15, -0.1) is 0 Å². The van der Waals surface area contributed by atoms with Gasteiger partial charge in [0.1, 0.15) is 0 Å². The molecule has 0 radical (unpaired) electrons. The monoisotopic (exact) mass is 202 g/mol. The molecule has 0 amide bonds. The summed E-state index contributed by atoms with van der Waals surface area (Å²) in [6.45, 7) is 1.15. The Morgan fingerprint density at radius 2 is 2.38 bits per heavy atom. The van der Waals surface area contributed by atoms with Crippen LogP contribution in [0, 0.1) is 10.1 Å². The van der Waals surface area contributed by atoms with Gasteiger partial charge in [0.05, 0.1) is 11.5 Å². The highest BCUT2D eigenvalue weighted by atomic mass is 32.1. The molecule has 72 valence electrons. The van der Waals surface area contributed by atoms with Gasteiger partial charge in [-0.1, -0.05) is 11.3 Å². The van der Waals surface area contributed by atoms with Crippen molar-refractivity contribution in [2.45, 2.75) is 6.54 Å². The van der Waals surface area contributed by atoms with E-state index < -0.39 is 4.92 Å². The summed E-state index contributed by atoms with van der Waals surface area (Å²) in [6, 6.07) is 3.20. The first kappa shape index (κ1) is 10.1. The number of nitrogens with one attached hydrogen (secondary N) is 1. The second-order valence-electron chi connectivity index (χ2n) is 2.40. The molecule has 0 bridgehead atoms. The predicted octanol–water partition coefficient (Wildman–Crippen LogP) is 0.738. The van der Waals surface area contributed by atoms with Crippen molar-refractivity contribution in [3.05, 3.63) is 27.1 Å². The van der Waals surface area contributed by atoms with E-state index in [1.54, 1.807) is 6.07 Å². The van der Waals surface area contributed by atoms with Gasteiger partial charge in [0, 0.05) is 24.0 Å². The van der Waals surface area contributed by atoms with Crippen molar-refractivity contribution < 1.29 is 10.0 Å². The number of hydrogen-bond donors (Lipinski definition) is 2. The Morgan fingerprint density at radius 3 is 2.92 bits per heavy atom. The lowest BCUT2D eigenvalue weighted by atomic mass is 10.4. The van der Waals surface area contributed by atoms with Crippen LogP contribution in [0.2, 0.25) is 0 Å². The smallest absolute Gasteiger partial charge is 0.324 e. The molecule has 1 aromatic heterocycles. The molecule has 0 aliphatic carbocycles. The molecule has 1 rings (SSSR count). The van der Waals surface area contributed by atoms with Gasteiger partial charge in [-0.25, -0.2) is 0 Å². The normalized spacial score (nSPS) is 10.2. The van der Waals surface area contributed by atoms with Crippen LogP contribution in [0.15, 0.2) is 12.1 Å². The van der Waals surface area contributed by atoms with Crippen molar-refractivity contribution in [2.75, 3.05) is 13.2 Å². The Kier molecular flexibility index (Phi) is 3.81. The van der Waals surface area contributed by atoms with Crippen LogP contribution < -0.4 is 5.32 Å². The van der Waals surface area contributed by atoms with Gasteiger partial charge >= 0.3 is 5.00 Å². The Morgan fingerprint density at radius 1 is 1.62 bits per heavy atom. The molecule has 13 heavy (non-hydrogen) atoms. The predicted molar refractivity (Wildman–Crippen MR) is 49.8 cm³/mol. The van der Waals surface area contributed by atoms with Crippen LogP contribution in [-0.2, 0) is 6.54 Å². The highest BCUT2D eigenvalue weighted by Gasteiger charge is 2.08. The quantitative estimate of drug-likeness (QED) is 0.419. The maximum Gasteiger partial charge on any atom is 0.324 e. The van der Waals surface area contributed by atoms with Gasteiger partial charge in [0.25, 0.3) is 0 Å². The van der Waals surface area contributed by atoms with E-state index in [-0.39, 0.29) is 11.6 Å². The maximum absolute atomic E-state index is 10.3. The minimum absolute atomic E-state index is 0.0769. The number of aliphatic hydroxyl groups is 1. The second kappa shape index (κ2) is 4.90. The lowest BCUT2D eigenvalue weighted by molar-refractivity contribution is -0.380. The summed E-state index contributed by atoms with van der Waals surface area (Å²) in [6.07, 6.45) is 0. The highest BCUT2D eigenvalue weighted by Crippen LogP contribution is 2.23. The second-order valence-corrected chi connectivity index (χ2v) is 3.54. The van der Waals surface area contributed by atoms with Crippen LogP contribution in [0.5, 0.6) is 0 Å². The molecular formula is C7H10N2O3S. The van der Waals surface area contributed by atoms with Gasteiger partial charge in [0.15, 0.2) is 0 Å². The average Bonchev–Trinajstić information content (AvgIpc) is 2.53. The molecule has 0 aliphatic rings. The van der Waals surface area contributed by atoms with E-state index in [9.17, 15) is 10.1 Å². The first-order valence-electron chi connectivity index (χ1n) is 3.78. The van der Waals surface area contributed by atoms with Crippen molar-refractivity contribution in [1.29, 1.82) is 0 Å². The summed E-state index contributed by atoms with van der Waals surface area (Å²) >= 11 is 1.15. The SMILES string of the molecule is O=[N+]([O-])c1ccc(CNCCO)s1. The molecule has 0 saturated carbocycles. The Balaban J connectivity index is 2.44. The van der Waals surface area contributed by atoms with Crippen molar-refractivity contribution in [2.24, 2.45) is 0 Å². The lowest BCUT2D eigenvalue weighted by Gasteiger charge is -1.97. The topological polar surface area (TPSA) is 75.4 Å². The summed E-state index contributed by atoms with van der Waals surface area (Å²) in [7, 11) is 0. The Bertz CT molecular complexity index is 287. The molecule has 0 aliphatic heterocycles. The minimum Gasteiger partial charge on any atom is -0.395 e. The van der Waals surface area contributed by atoms with Gasteiger partial charge in [0.2, 0.25) is 0 Å². The van der Waals surface area contributed by atoms with Crippen LogP contribution in [-0.4, -0.2) is 23.2 Å². The average molecular weight is 202 g/mol. The van der Waals surface area contributed by atoms with Crippen LogP contribution in [0.3, 0.4) is 0 Å². The van der Waals surface area contributed by atoms with Crippen molar-refractivity contribution in [3.8, 4) is 0 Å².